The van der Waals surface area contributed by atoms with Gasteiger partial charge in [-0.3, -0.25) is 4.98 Å². The van der Waals surface area contributed by atoms with Crippen LogP contribution in [0.1, 0.15) is 5.56 Å². The van der Waals surface area contributed by atoms with Crippen molar-refractivity contribution in [2.45, 2.75) is 11.8 Å². The summed E-state index contributed by atoms with van der Waals surface area (Å²) in [5.74, 6) is 0. The van der Waals surface area contributed by atoms with Gasteiger partial charge < -0.3 is 4.55 Å². The summed E-state index contributed by atoms with van der Waals surface area (Å²) in [7, 11) is 0. The Kier molecular flexibility index (Phi) is 4.81. The second kappa shape index (κ2) is 7.00. The Morgan fingerprint density at radius 1 is 1.04 bits per heavy atom. The van der Waals surface area contributed by atoms with Gasteiger partial charge in [0.25, 0.3) is 0 Å². The molecule has 0 aliphatic rings. The third kappa shape index (κ3) is 3.82. The highest BCUT2D eigenvalue weighted by Crippen LogP contribution is 2.28. The van der Waals surface area contributed by atoms with Gasteiger partial charge in [-0.1, -0.05) is 29.8 Å². The molecule has 0 amide bonds. The Morgan fingerprint density at radius 3 is 2.52 bits per heavy atom. The van der Waals surface area contributed by atoms with Crippen LogP contribution in [0.3, 0.4) is 0 Å². The number of hydrogen-bond acceptors (Lipinski definition) is 4. The Hall–Kier alpha value is -2.08. The van der Waals surface area contributed by atoms with E-state index in [9.17, 15) is 4.55 Å². The molecule has 0 bridgehead atoms. The minimum Gasteiger partial charge on any atom is -0.588 e. The smallest absolute Gasteiger partial charge is 0.179 e. The van der Waals surface area contributed by atoms with Gasteiger partial charge in [0.05, 0.1) is 0 Å². The van der Waals surface area contributed by atoms with Gasteiger partial charge >= 0.3 is 0 Å². The van der Waals surface area contributed by atoms with E-state index in [0.29, 0.717) is 10.6 Å². The van der Waals surface area contributed by atoms with Crippen LogP contribution in [0.25, 0.3) is 11.1 Å². The van der Waals surface area contributed by atoms with Gasteiger partial charge in [0, 0.05) is 29.7 Å². The zero-order valence-electron chi connectivity index (χ0n) is 12.4. The van der Waals surface area contributed by atoms with Crippen molar-refractivity contribution in [3.8, 4) is 11.1 Å². The minimum absolute atomic E-state index is 0.277. The first kappa shape index (κ1) is 15.8. The molecule has 2 aromatic heterocycles. The first-order valence-electron chi connectivity index (χ1n) is 6.94. The Balaban J connectivity index is 1.89. The number of aryl methyl sites for hydroxylation is 1. The number of rotatable bonds is 4. The van der Waals surface area contributed by atoms with Gasteiger partial charge in [-0.25, -0.2) is 9.71 Å². The van der Waals surface area contributed by atoms with Crippen molar-refractivity contribution in [1.29, 1.82) is 0 Å². The number of nitrogens with one attached hydrogen (secondary N) is 1. The molecule has 0 radical (unpaired) electrons. The van der Waals surface area contributed by atoms with Crippen molar-refractivity contribution in [2.24, 2.45) is 0 Å². The van der Waals surface area contributed by atoms with Crippen molar-refractivity contribution < 1.29 is 4.55 Å². The minimum atomic E-state index is -1.40. The standard InChI is InChI=1S/C17H14ClN3OS/c1-12-7-13(10-19-9-12)14-8-16(17(18)20-11-14)21-23(22)15-5-3-2-4-6-15/h2-11,21H,1H3. The number of hydrogen-bond donors (Lipinski definition) is 1. The van der Waals surface area contributed by atoms with E-state index in [4.69, 9.17) is 11.6 Å². The largest absolute Gasteiger partial charge is 0.588 e. The fourth-order valence-electron chi connectivity index (χ4n) is 2.09. The number of halogens is 1. The SMILES string of the molecule is Cc1cncc(-c2cnc(Cl)c(N[S+]([O-])c3ccccc3)c2)c1. The lowest BCUT2D eigenvalue weighted by molar-refractivity contribution is 0.600. The van der Waals surface area contributed by atoms with Crippen molar-refractivity contribution in [2.75, 3.05) is 4.72 Å². The molecular weight excluding hydrogens is 330 g/mol. The van der Waals surface area contributed by atoms with E-state index in [2.05, 4.69) is 14.7 Å². The summed E-state index contributed by atoms with van der Waals surface area (Å²) < 4.78 is 15.3. The van der Waals surface area contributed by atoms with Gasteiger partial charge in [0.2, 0.25) is 0 Å². The maximum absolute atomic E-state index is 12.4. The van der Waals surface area contributed by atoms with E-state index < -0.39 is 11.4 Å². The molecule has 3 aromatic rings. The van der Waals surface area contributed by atoms with Crippen molar-refractivity contribution in [1.82, 2.24) is 9.97 Å². The molecule has 3 rings (SSSR count). The number of anilines is 1. The Morgan fingerprint density at radius 2 is 1.78 bits per heavy atom. The normalized spacial score (nSPS) is 12.0. The molecule has 0 saturated heterocycles. The van der Waals surface area contributed by atoms with Crippen LogP contribution in [0, 0.1) is 6.92 Å². The molecule has 4 nitrogen and oxygen atoms in total. The zero-order valence-corrected chi connectivity index (χ0v) is 13.9. The predicted molar refractivity (Wildman–Crippen MR) is 93.7 cm³/mol. The zero-order chi connectivity index (χ0) is 16.2. The molecule has 116 valence electrons. The second-order valence-electron chi connectivity index (χ2n) is 5.00. The molecule has 0 aliphatic heterocycles. The number of benzene rings is 1. The molecule has 0 saturated carbocycles. The third-order valence-electron chi connectivity index (χ3n) is 3.21. The van der Waals surface area contributed by atoms with Gasteiger partial charge in [0.1, 0.15) is 17.0 Å². The molecule has 23 heavy (non-hydrogen) atoms. The summed E-state index contributed by atoms with van der Waals surface area (Å²) in [4.78, 5) is 9.03. The third-order valence-corrected chi connectivity index (χ3v) is 4.61. The highest BCUT2D eigenvalue weighted by atomic mass is 35.5. The van der Waals surface area contributed by atoms with Gasteiger partial charge in [0.15, 0.2) is 10.0 Å². The van der Waals surface area contributed by atoms with Crippen LogP contribution in [-0.4, -0.2) is 14.5 Å². The van der Waals surface area contributed by atoms with E-state index in [0.717, 1.165) is 16.7 Å². The molecule has 6 heteroatoms. The van der Waals surface area contributed by atoms with Crippen LogP contribution in [0.4, 0.5) is 5.69 Å². The fourth-order valence-corrected chi connectivity index (χ4v) is 3.18. The lowest BCUT2D eigenvalue weighted by atomic mass is 10.1. The van der Waals surface area contributed by atoms with Crippen LogP contribution in [-0.2, 0) is 11.4 Å². The molecule has 1 atom stereocenters. The lowest BCUT2D eigenvalue weighted by Crippen LogP contribution is -2.13. The molecule has 0 spiro atoms. The molecule has 0 aliphatic carbocycles. The summed E-state index contributed by atoms with van der Waals surface area (Å²) in [5, 5.41) is 0.277. The monoisotopic (exact) mass is 343 g/mol. The predicted octanol–water partition coefficient (Wildman–Crippen LogP) is 4.24. The van der Waals surface area contributed by atoms with E-state index in [1.54, 1.807) is 30.7 Å². The van der Waals surface area contributed by atoms with Gasteiger partial charge in [-0.2, -0.15) is 0 Å². The number of pyridine rings is 2. The van der Waals surface area contributed by atoms with E-state index in [-0.39, 0.29) is 5.15 Å². The Bertz CT molecular complexity index is 814. The summed E-state index contributed by atoms with van der Waals surface area (Å²) >= 11 is 4.72. The van der Waals surface area contributed by atoms with Crippen molar-refractivity contribution in [3.05, 3.63) is 71.8 Å². The highest BCUT2D eigenvalue weighted by molar-refractivity contribution is 7.92. The second-order valence-corrected chi connectivity index (χ2v) is 6.57. The van der Waals surface area contributed by atoms with Crippen LogP contribution in [0.15, 0.2) is 66.0 Å². The molecule has 0 fully saturated rings. The summed E-state index contributed by atoms with van der Waals surface area (Å²) in [5.41, 5.74) is 3.37. The van der Waals surface area contributed by atoms with Crippen LogP contribution < -0.4 is 4.72 Å². The van der Waals surface area contributed by atoms with Gasteiger partial charge in [-0.05, 0) is 36.8 Å². The first-order valence-corrected chi connectivity index (χ1v) is 8.47. The van der Waals surface area contributed by atoms with E-state index in [1.807, 2.05) is 37.3 Å². The van der Waals surface area contributed by atoms with E-state index in [1.165, 1.54) is 0 Å². The van der Waals surface area contributed by atoms with Crippen molar-refractivity contribution >= 4 is 28.7 Å². The van der Waals surface area contributed by atoms with Crippen LogP contribution in [0.5, 0.6) is 0 Å². The highest BCUT2D eigenvalue weighted by Gasteiger charge is 2.14. The molecule has 1 unspecified atom stereocenters. The van der Waals surface area contributed by atoms with Crippen molar-refractivity contribution in [3.63, 3.8) is 0 Å². The summed E-state index contributed by atoms with van der Waals surface area (Å²) in [6.45, 7) is 1.98. The average molecular weight is 344 g/mol. The fraction of sp³-hybridized carbons (Fsp3) is 0.0588. The quantitative estimate of drug-likeness (QED) is 0.568. The number of nitrogens with zero attached hydrogens (tertiary/aromatic N) is 2. The Labute approximate surface area is 142 Å². The maximum Gasteiger partial charge on any atom is 0.179 e. The molecule has 2 heterocycles. The summed E-state index contributed by atoms with van der Waals surface area (Å²) in [6.07, 6.45) is 5.22. The lowest BCUT2D eigenvalue weighted by Gasteiger charge is -2.13. The topological polar surface area (TPSA) is 60.9 Å². The van der Waals surface area contributed by atoms with Gasteiger partial charge in [-0.15, -0.1) is 0 Å². The molecule has 1 N–H and O–H groups in total. The summed E-state index contributed by atoms with van der Waals surface area (Å²) in [6, 6.07) is 13.0. The maximum atomic E-state index is 12.4. The number of aromatic nitrogens is 2. The van der Waals surface area contributed by atoms with E-state index >= 15 is 0 Å². The average Bonchev–Trinajstić information content (AvgIpc) is 2.57. The first-order chi connectivity index (χ1) is 11.1. The molecular formula is C17H14ClN3OS. The van der Waals surface area contributed by atoms with Crippen LogP contribution >= 0.6 is 11.6 Å². The van der Waals surface area contributed by atoms with Crippen LogP contribution in [0.2, 0.25) is 5.15 Å². The molecule has 1 aromatic carbocycles.